The van der Waals surface area contributed by atoms with Crippen LogP contribution in [0.2, 0.25) is 0 Å². The summed E-state index contributed by atoms with van der Waals surface area (Å²) in [5.74, 6) is 0.885. The van der Waals surface area contributed by atoms with Gasteiger partial charge in [0.05, 0.1) is 0 Å². The molecule has 0 radical (unpaired) electrons. The van der Waals surface area contributed by atoms with E-state index in [-0.39, 0.29) is 0 Å². The van der Waals surface area contributed by atoms with Crippen LogP contribution in [0.4, 0.5) is 34.1 Å². The van der Waals surface area contributed by atoms with Gasteiger partial charge in [-0.25, -0.2) is 0 Å². The zero-order valence-electron chi connectivity index (χ0n) is 46.9. The van der Waals surface area contributed by atoms with Gasteiger partial charge >= 0.3 is 0 Å². The maximum absolute atomic E-state index is 7.41. The van der Waals surface area contributed by atoms with Crippen LogP contribution in [0.3, 0.4) is 0 Å². The topological polar surface area (TPSA) is 32.8 Å². The maximum atomic E-state index is 7.41. The number of nitrogens with zero attached hydrogens (tertiary/aromatic N) is 2. The molecule has 0 aliphatic heterocycles. The van der Waals surface area contributed by atoms with E-state index in [0.717, 1.165) is 102 Å². The van der Waals surface area contributed by atoms with Crippen LogP contribution < -0.4 is 9.80 Å². The lowest BCUT2D eigenvalue weighted by molar-refractivity contribution is 0.672. The van der Waals surface area contributed by atoms with Crippen LogP contribution in [0.15, 0.2) is 215 Å². The van der Waals surface area contributed by atoms with Gasteiger partial charge in [-0.15, -0.1) is 0 Å². The zero-order valence-corrected chi connectivity index (χ0v) is 46.9. The van der Waals surface area contributed by atoms with Crippen molar-refractivity contribution in [2.45, 2.75) is 80.1 Å². The fraction of sp³-hybridized carbons (Fsp3) is 0.158. The Hall–Kier alpha value is -9.12. The van der Waals surface area contributed by atoms with Crippen LogP contribution >= 0.6 is 0 Å². The first-order valence-electron chi connectivity index (χ1n) is 28.6. The van der Waals surface area contributed by atoms with E-state index in [1.54, 1.807) is 0 Å². The molecule has 0 saturated heterocycles. The summed E-state index contributed by atoms with van der Waals surface area (Å²) in [6, 6.07) is 76.2. The van der Waals surface area contributed by atoms with E-state index in [2.05, 4.69) is 271 Å². The Bertz CT molecular complexity index is 4370. The number of benzene rings is 12. The first-order chi connectivity index (χ1) is 39.1. The second-order valence-corrected chi connectivity index (χ2v) is 22.5. The van der Waals surface area contributed by atoms with Gasteiger partial charge in [0.25, 0.3) is 0 Å². The van der Waals surface area contributed by atoms with E-state index in [0.29, 0.717) is 11.8 Å². The molecule has 0 aliphatic rings. The van der Waals surface area contributed by atoms with Crippen molar-refractivity contribution in [3.05, 3.63) is 240 Å². The molecule has 4 heteroatoms. The molecule has 14 aromatic rings. The predicted octanol–water partition coefficient (Wildman–Crippen LogP) is 22.9. The number of fused-ring (bicyclic) bond motifs is 8. The minimum atomic E-state index is 0.442. The van der Waals surface area contributed by atoms with Crippen LogP contribution in [-0.4, -0.2) is 0 Å². The van der Waals surface area contributed by atoms with Crippen molar-refractivity contribution < 1.29 is 8.83 Å². The molecule has 0 bridgehead atoms. The van der Waals surface area contributed by atoms with E-state index in [9.17, 15) is 0 Å². The van der Waals surface area contributed by atoms with Crippen LogP contribution in [0.1, 0.15) is 85.8 Å². The number of rotatable bonds is 12. The van der Waals surface area contributed by atoms with E-state index in [1.807, 2.05) is 0 Å². The normalized spacial score (nSPS) is 12.8. The summed E-state index contributed by atoms with van der Waals surface area (Å²) < 4.78 is 14.8. The van der Waals surface area contributed by atoms with Crippen molar-refractivity contribution in [3.8, 4) is 22.3 Å². The summed E-state index contributed by atoms with van der Waals surface area (Å²) in [6.45, 7) is 18.1. The molecule has 0 spiro atoms. The summed E-state index contributed by atoms with van der Waals surface area (Å²) in [4.78, 5) is 4.73. The highest BCUT2D eigenvalue weighted by atomic mass is 16.3. The molecule has 80 heavy (non-hydrogen) atoms. The lowest BCUT2D eigenvalue weighted by Crippen LogP contribution is -2.10. The minimum absolute atomic E-state index is 0.442. The Morgan fingerprint density at radius 1 is 0.325 bits per heavy atom. The van der Waals surface area contributed by atoms with Crippen LogP contribution in [0.5, 0.6) is 0 Å². The van der Waals surface area contributed by atoms with Gasteiger partial charge in [-0.1, -0.05) is 125 Å². The number of anilines is 6. The van der Waals surface area contributed by atoms with Gasteiger partial charge in [-0.2, -0.15) is 0 Å². The van der Waals surface area contributed by atoms with Gasteiger partial charge < -0.3 is 18.6 Å². The van der Waals surface area contributed by atoms with E-state index in [4.69, 9.17) is 8.83 Å². The monoisotopic (exact) mass is 1040 g/mol. The van der Waals surface area contributed by atoms with Crippen molar-refractivity contribution in [1.82, 2.24) is 0 Å². The summed E-state index contributed by atoms with van der Waals surface area (Å²) in [5.41, 5.74) is 22.4. The van der Waals surface area contributed by atoms with Gasteiger partial charge in [0, 0.05) is 89.3 Å². The molecule has 12 aromatic carbocycles. The number of aryl methyl sites for hydroxylation is 4. The Morgan fingerprint density at radius 2 is 0.688 bits per heavy atom. The Balaban J connectivity index is 1.07. The first kappa shape index (κ1) is 49.2. The zero-order chi connectivity index (χ0) is 54.5. The first-order valence-corrected chi connectivity index (χ1v) is 28.6. The molecule has 2 unspecified atom stereocenters. The molecule has 390 valence electrons. The van der Waals surface area contributed by atoms with Crippen molar-refractivity contribution in [2.75, 3.05) is 9.80 Å². The second-order valence-electron chi connectivity index (χ2n) is 22.5. The minimum Gasteiger partial charge on any atom is -0.455 e. The van der Waals surface area contributed by atoms with E-state index >= 15 is 0 Å². The molecule has 0 fully saturated rings. The molecule has 2 heterocycles. The summed E-state index contributed by atoms with van der Waals surface area (Å²) in [5, 5.41) is 11.3. The Kier molecular flexibility index (Phi) is 11.9. The van der Waals surface area contributed by atoms with Crippen LogP contribution in [-0.2, 0) is 0 Å². The van der Waals surface area contributed by atoms with Gasteiger partial charge in [0.2, 0.25) is 0 Å². The quantitative estimate of drug-likeness (QED) is 0.114. The van der Waals surface area contributed by atoms with Gasteiger partial charge in [0.15, 0.2) is 0 Å². The van der Waals surface area contributed by atoms with Gasteiger partial charge in [0.1, 0.15) is 22.3 Å². The number of furan rings is 2. The molecule has 2 aromatic heterocycles. The molecule has 4 nitrogen and oxygen atoms in total. The fourth-order valence-corrected chi connectivity index (χ4v) is 13.2. The fourth-order valence-electron chi connectivity index (χ4n) is 13.2. The van der Waals surface area contributed by atoms with Crippen LogP contribution in [0, 0.1) is 27.7 Å². The van der Waals surface area contributed by atoms with Crippen LogP contribution in [0.25, 0.3) is 98.4 Å². The Labute approximate surface area is 468 Å². The van der Waals surface area contributed by atoms with Crippen molar-refractivity contribution in [2.24, 2.45) is 0 Å². The lowest BCUT2D eigenvalue weighted by Gasteiger charge is -2.26. The third-order valence-electron chi connectivity index (χ3n) is 17.6. The largest absolute Gasteiger partial charge is 0.455 e. The van der Waals surface area contributed by atoms with E-state index in [1.165, 1.54) is 77.2 Å². The number of para-hydroxylation sites is 2. The molecular formula is C76H64N2O2. The molecule has 0 amide bonds. The smallest absolute Gasteiger partial charge is 0.143 e. The standard InChI is InChI=1S/C76H64N2O2/c1-9-45(3)51-25-19-31-55(37-51)77(53-27-13-11-14-28-53)57-33-35-59-65-41-63-62(72-49(7)23-18-24-50(72)8)44-68-74-64(61(71-47(5)21-17-22-48(71)6)43-67(73(63)74)75(65)79-69(59)39-57)42-66-60-36-34-58(40-70(60)80-76(66)68)78(54-29-15-12-16-30-54)56-32-20-26-52(38-56)46(4)10-2/h11-46H,9-10H2,1-8H3. The molecular weight excluding hydrogens is 973 g/mol. The predicted molar refractivity (Wildman–Crippen MR) is 341 cm³/mol. The van der Waals surface area contributed by atoms with Gasteiger partial charge in [-0.05, 0) is 216 Å². The summed E-state index contributed by atoms with van der Waals surface area (Å²) in [6.07, 6.45) is 2.15. The summed E-state index contributed by atoms with van der Waals surface area (Å²) >= 11 is 0. The highest BCUT2D eigenvalue weighted by molar-refractivity contribution is 6.38. The van der Waals surface area contributed by atoms with Crippen molar-refractivity contribution in [1.29, 1.82) is 0 Å². The lowest BCUT2D eigenvalue weighted by atomic mass is 9.81. The highest BCUT2D eigenvalue weighted by Gasteiger charge is 2.28. The molecule has 0 saturated carbocycles. The van der Waals surface area contributed by atoms with Crippen molar-refractivity contribution >= 4 is 110 Å². The number of hydrogen-bond donors (Lipinski definition) is 0. The number of hydrogen-bond acceptors (Lipinski definition) is 4. The third-order valence-corrected chi connectivity index (χ3v) is 17.6. The molecule has 2 atom stereocenters. The van der Waals surface area contributed by atoms with E-state index < -0.39 is 0 Å². The SMILES string of the molecule is CCC(C)c1cccc(N(c2ccccc2)c2ccc3c(c2)oc2c3cc3c(-c4c(C)cccc4C)cc4c5oc6cc(N(c7ccccc7)c7cccc(C(C)CC)c7)ccc6c5cc5c(-c6c(C)cccc6C)cc2c3c54)c1. The average molecular weight is 1040 g/mol. The molecule has 14 rings (SSSR count). The van der Waals surface area contributed by atoms with Gasteiger partial charge in [-0.3, -0.25) is 0 Å². The Morgan fingerprint density at radius 3 is 1.07 bits per heavy atom. The average Bonchev–Trinajstić information content (AvgIpc) is 4.17. The molecule has 0 N–H and O–H groups in total. The second kappa shape index (κ2) is 19.4. The summed E-state index contributed by atoms with van der Waals surface area (Å²) in [7, 11) is 0. The third kappa shape index (κ3) is 7.87. The maximum Gasteiger partial charge on any atom is 0.143 e. The highest BCUT2D eigenvalue weighted by Crippen LogP contribution is 2.53. The molecule has 0 aliphatic carbocycles. The van der Waals surface area contributed by atoms with Crippen molar-refractivity contribution in [3.63, 3.8) is 0 Å².